The molecule has 23 heavy (non-hydrogen) atoms. The molecule has 3 aromatic rings. The molecule has 5 heteroatoms. The molecule has 0 aliphatic heterocycles. The number of aryl methyl sites for hydroxylation is 1. The molecule has 0 unspecified atom stereocenters. The minimum Gasteiger partial charge on any atom is -0.481 e. The third kappa shape index (κ3) is 2.85. The quantitative estimate of drug-likeness (QED) is 0.804. The van der Waals surface area contributed by atoms with Crippen LogP contribution in [0.25, 0.3) is 16.9 Å². The first-order chi connectivity index (χ1) is 11.1. The number of carboxylic acids is 1. The lowest BCUT2D eigenvalue weighted by Gasteiger charge is -2.12. The van der Waals surface area contributed by atoms with Crippen molar-refractivity contribution in [2.45, 2.75) is 20.3 Å². The lowest BCUT2D eigenvalue weighted by atomic mass is 10.1. The second-order valence-electron chi connectivity index (χ2n) is 5.45. The van der Waals surface area contributed by atoms with E-state index in [-0.39, 0.29) is 6.42 Å². The highest BCUT2D eigenvalue weighted by atomic mass is 16.4. The fraction of sp³-hybridized carbons (Fsp3) is 0.167. The molecule has 1 heterocycles. The highest BCUT2D eigenvalue weighted by Gasteiger charge is 2.19. The van der Waals surface area contributed by atoms with E-state index in [1.165, 1.54) is 0 Å². The van der Waals surface area contributed by atoms with Crippen LogP contribution in [0.3, 0.4) is 0 Å². The van der Waals surface area contributed by atoms with Gasteiger partial charge >= 0.3 is 5.97 Å². The van der Waals surface area contributed by atoms with E-state index in [9.17, 15) is 4.79 Å². The van der Waals surface area contributed by atoms with Gasteiger partial charge in [-0.25, -0.2) is 4.68 Å². The van der Waals surface area contributed by atoms with Crippen LogP contribution in [0.4, 0.5) is 0 Å². The molecule has 116 valence electrons. The average molecular weight is 307 g/mol. The average Bonchev–Trinajstić information content (AvgIpc) is 2.93. The van der Waals surface area contributed by atoms with E-state index in [4.69, 9.17) is 5.11 Å². The van der Waals surface area contributed by atoms with Crippen molar-refractivity contribution in [2.75, 3.05) is 0 Å². The monoisotopic (exact) mass is 307 g/mol. The Balaban J connectivity index is 2.24. The Bertz CT molecular complexity index is 854. The van der Waals surface area contributed by atoms with Gasteiger partial charge in [-0.15, -0.1) is 5.10 Å². The van der Waals surface area contributed by atoms with Crippen LogP contribution in [0.15, 0.2) is 48.5 Å². The largest absolute Gasteiger partial charge is 0.481 e. The van der Waals surface area contributed by atoms with Gasteiger partial charge in [0, 0.05) is 5.56 Å². The zero-order chi connectivity index (χ0) is 16.4. The van der Waals surface area contributed by atoms with Crippen molar-refractivity contribution in [2.24, 2.45) is 0 Å². The van der Waals surface area contributed by atoms with Crippen molar-refractivity contribution in [3.8, 4) is 16.9 Å². The summed E-state index contributed by atoms with van der Waals surface area (Å²) < 4.78 is 1.73. The molecule has 2 aromatic carbocycles. The molecule has 5 nitrogen and oxygen atoms in total. The molecular formula is C18H17N3O2. The van der Waals surface area contributed by atoms with Crippen LogP contribution in [0.2, 0.25) is 0 Å². The van der Waals surface area contributed by atoms with Gasteiger partial charge in [-0.2, -0.15) is 0 Å². The zero-order valence-corrected chi connectivity index (χ0v) is 13.0. The van der Waals surface area contributed by atoms with Crippen LogP contribution in [0, 0.1) is 13.8 Å². The van der Waals surface area contributed by atoms with Gasteiger partial charge in [0.2, 0.25) is 0 Å². The first-order valence-electron chi connectivity index (χ1n) is 7.36. The Labute approximate surface area is 134 Å². The molecule has 0 saturated heterocycles. The fourth-order valence-corrected chi connectivity index (χ4v) is 2.59. The topological polar surface area (TPSA) is 68.0 Å². The second-order valence-corrected chi connectivity index (χ2v) is 5.45. The molecule has 0 radical (unpaired) electrons. The molecule has 1 aromatic heterocycles. The number of benzene rings is 2. The van der Waals surface area contributed by atoms with E-state index in [1.54, 1.807) is 4.68 Å². The van der Waals surface area contributed by atoms with Gasteiger partial charge in [-0.1, -0.05) is 47.7 Å². The number of carbonyl (C=O) groups is 1. The Kier molecular flexibility index (Phi) is 3.93. The van der Waals surface area contributed by atoms with Crippen molar-refractivity contribution >= 4 is 5.97 Å². The van der Waals surface area contributed by atoms with Crippen LogP contribution in [0.1, 0.15) is 16.8 Å². The summed E-state index contributed by atoms with van der Waals surface area (Å²) in [6.45, 7) is 4.06. The minimum absolute atomic E-state index is 0.158. The van der Waals surface area contributed by atoms with Gasteiger partial charge in [-0.05, 0) is 31.0 Å². The van der Waals surface area contributed by atoms with Gasteiger partial charge in [0.25, 0.3) is 0 Å². The second kappa shape index (κ2) is 6.04. The molecule has 0 spiro atoms. The third-order valence-corrected chi connectivity index (χ3v) is 3.91. The number of nitrogens with zero attached hydrogens (tertiary/aromatic N) is 3. The summed E-state index contributed by atoms with van der Waals surface area (Å²) in [5.74, 6) is -0.921. The van der Waals surface area contributed by atoms with Crippen molar-refractivity contribution in [1.82, 2.24) is 15.0 Å². The lowest BCUT2D eigenvalue weighted by molar-refractivity contribution is -0.136. The summed E-state index contributed by atoms with van der Waals surface area (Å²) in [6.07, 6.45) is -0.158. The SMILES string of the molecule is Cc1cccc(-n2nnc(CC(=O)O)c2-c2ccccc2)c1C. The molecule has 1 N–H and O–H groups in total. The highest BCUT2D eigenvalue weighted by Crippen LogP contribution is 2.27. The fourth-order valence-electron chi connectivity index (χ4n) is 2.59. The molecule has 0 amide bonds. The molecule has 3 rings (SSSR count). The number of hydrogen-bond acceptors (Lipinski definition) is 3. The number of rotatable bonds is 4. The van der Waals surface area contributed by atoms with Crippen LogP contribution >= 0.6 is 0 Å². The first kappa shape index (κ1) is 15.0. The third-order valence-electron chi connectivity index (χ3n) is 3.91. The molecule has 0 fully saturated rings. The summed E-state index contributed by atoms with van der Waals surface area (Å²) in [4.78, 5) is 11.1. The Morgan fingerprint density at radius 2 is 1.83 bits per heavy atom. The normalized spacial score (nSPS) is 10.7. The number of aromatic nitrogens is 3. The predicted octanol–water partition coefficient (Wildman–Crippen LogP) is 3.18. The molecule has 0 aliphatic carbocycles. The number of aliphatic carboxylic acids is 1. The molecule has 0 atom stereocenters. The summed E-state index contributed by atoms with van der Waals surface area (Å²) in [5, 5.41) is 17.5. The van der Waals surface area contributed by atoms with Gasteiger partial charge in [0.05, 0.1) is 17.8 Å². The van der Waals surface area contributed by atoms with E-state index in [0.717, 1.165) is 28.1 Å². The van der Waals surface area contributed by atoms with Crippen LogP contribution in [0.5, 0.6) is 0 Å². The maximum atomic E-state index is 11.1. The van der Waals surface area contributed by atoms with Crippen LogP contribution < -0.4 is 0 Å². The first-order valence-corrected chi connectivity index (χ1v) is 7.36. The predicted molar refractivity (Wildman–Crippen MR) is 87.6 cm³/mol. The van der Waals surface area contributed by atoms with Crippen molar-refractivity contribution in [3.63, 3.8) is 0 Å². The highest BCUT2D eigenvalue weighted by molar-refractivity contribution is 5.74. The summed E-state index contributed by atoms with van der Waals surface area (Å²) in [6, 6.07) is 15.6. The minimum atomic E-state index is -0.921. The van der Waals surface area contributed by atoms with E-state index >= 15 is 0 Å². The Morgan fingerprint density at radius 1 is 1.09 bits per heavy atom. The van der Waals surface area contributed by atoms with Crippen molar-refractivity contribution in [3.05, 3.63) is 65.4 Å². The van der Waals surface area contributed by atoms with E-state index in [2.05, 4.69) is 10.3 Å². The maximum absolute atomic E-state index is 11.1. The van der Waals surface area contributed by atoms with E-state index in [1.807, 2.05) is 62.4 Å². The van der Waals surface area contributed by atoms with Crippen LogP contribution in [-0.4, -0.2) is 26.1 Å². The standard InChI is InChI=1S/C18H17N3O2/c1-12-7-6-10-16(13(12)2)21-18(14-8-4-3-5-9-14)15(19-20-21)11-17(22)23/h3-10H,11H2,1-2H3,(H,22,23). The number of carboxylic acid groups (broad SMARTS) is 1. The maximum Gasteiger partial charge on any atom is 0.309 e. The Morgan fingerprint density at radius 3 is 2.52 bits per heavy atom. The lowest BCUT2D eigenvalue weighted by Crippen LogP contribution is -2.05. The molecule has 0 aliphatic rings. The van der Waals surface area contributed by atoms with E-state index < -0.39 is 5.97 Å². The molecule has 0 saturated carbocycles. The summed E-state index contributed by atoms with van der Waals surface area (Å²) >= 11 is 0. The van der Waals surface area contributed by atoms with Gasteiger partial charge in [-0.3, -0.25) is 4.79 Å². The molecule has 0 bridgehead atoms. The smallest absolute Gasteiger partial charge is 0.309 e. The van der Waals surface area contributed by atoms with Crippen LogP contribution in [-0.2, 0) is 11.2 Å². The molecular weight excluding hydrogens is 290 g/mol. The summed E-state index contributed by atoms with van der Waals surface area (Å²) in [7, 11) is 0. The van der Waals surface area contributed by atoms with Gasteiger partial charge < -0.3 is 5.11 Å². The van der Waals surface area contributed by atoms with Crippen molar-refractivity contribution in [1.29, 1.82) is 0 Å². The zero-order valence-electron chi connectivity index (χ0n) is 13.0. The van der Waals surface area contributed by atoms with Gasteiger partial charge in [0.15, 0.2) is 0 Å². The summed E-state index contributed by atoms with van der Waals surface area (Å²) in [5.41, 5.74) is 5.24. The van der Waals surface area contributed by atoms with E-state index in [0.29, 0.717) is 5.69 Å². The van der Waals surface area contributed by atoms with Crippen molar-refractivity contribution < 1.29 is 9.90 Å². The van der Waals surface area contributed by atoms with Gasteiger partial charge in [0.1, 0.15) is 5.69 Å². The Hall–Kier alpha value is -2.95. The number of hydrogen-bond donors (Lipinski definition) is 1.